The number of carbonyl (C=O) groups excluding carboxylic acids is 1. The summed E-state index contributed by atoms with van der Waals surface area (Å²) in [6.07, 6.45) is 1.03. The van der Waals surface area contributed by atoms with Gasteiger partial charge in [0, 0.05) is 38.4 Å². The third-order valence-corrected chi connectivity index (χ3v) is 6.03. The molecule has 2 atom stereocenters. The number of aryl methyl sites for hydroxylation is 2. The predicted octanol–water partition coefficient (Wildman–Crippen LogP) is 6.47. The molecule has 1 aromatic carbocycles. The predicted molar refractivity (Wildman–Crippen MR) is 141 cm³/mol. The largest absolute Gasteiger partial charge is 0.511 e. The van der Waals surface area contributed by atoms with E-state index in [-0.39, 0.29) is 11.3 Å². The summed E-state index contributed by atoms with van der Waals surface area (Å²) < 4.78 is 18.7. The Balaban J connectivity index is 2.52. The number of allylic oxidation sites excluding steroid dienone is 1. The maximum atomic E-state index is 12.2. The van der Waals surface area contributed by atoms with Crippen LogP contribution >= 0.6 is 0 Å². The van der Waals surface area contributed by atoms with Crippen LogP contribution in [0.3, 0.4) is 0 Å². The molecule has 2 aromatic rings. The number of hydrogen-bond donors (Lipinski definition) is 0. The van der Waals surface area contributed by atoms with Crippen molar-refractivity contribution in [1.29, 1.82) is 0 Å². The highest BCUT2D eigenvalue weighted by Gasteiger charge is 2.24. The molecule has 2 rings (SSSR count). The van der Waals surface area contributed by atoms with Gasteiger partial charge in [-0.05, 0) is 36.3 Å². The summed E-state index contributed by atoms with van der Waals surface area (Å²) >= 11 is 0. The minimum Gasteiger partial charge on any atom is -0.452 e. The van der Waals surface area contributed by atoms with Crippen LogP contribution in [-0.4, -0.2) is 42.1 Å². The molecule has 0 radical (unpaired) electrons. The molecule has 1 aromatic heterocycles. The number of nitrogens with zero attached hydrogens (tertiary/aromatic N) is 3. The summed E-state index contributed by atoms with van der Waals surface area (Å²) in [7, 11) is 3.59. The molecule has 0 saturated carbocycles. The summed E-state index contributed by atoms with van der Waals surface area (Å²) in [6.45, 7) is 16.5. The highest BCUT2D eigenvalue weighted by molar-refractivity contribution is 6.18. The van der Waals surface area contributed by atoms with Crippen molar-refractivity contribution in [1.82, 2.24) is 9.78 Å². The normalized spacial score (nSPS) is 14.5. The second-order valence-corrected chi connectivity index (χ2v) is 10.0. The Morgan fingerprint density at radius 3 is 2.26 bits per heavy atom. The van der Waals surface area contributed by atoms with Gasteiger partial charge in [-0.15, -0.1) is 0 Å². The summed E-state index contributed by atoms with van der Waals surface area (Å²) in [5.74, 6) is 0.791. The van der Waals surface area contributed by atoms with Crippen LogP contribution in [0.5, 0.6) is 0 Å². The molecular weight excluding hydrogens is 442 g/mol. The van der Waals surface area contributed by atoms with Crippen LogP contribution in [0.1, 0.15) is 76.0 Å². The zero-order valence-electron chi connectivity index (χ0n) is 22.9. The second-order valence-electron chi connectivity index (χ2n) is 10.0. The smallest absolute Gasteiger partial charge is 0.452 e. The fourth-order valence-corrected chi connectivity index (χ4v) is 3.56. The van der Waals surface area contributed by atoms with Crippen molar-refractivity contribution < 1.29 is 19.0 Å². The van der Waals surface area contributed by atoms with Crippen molar-refractivity contribution in [3.05, 3.63) is 52.3 Å². The average molecular weight is 484 g/mol. The van der Waals surface area contributed by atoms with Gasteiger partial charge in [0.1, 0.15) is 5.69 Å². The van der Waals surface area contributed by atoms with Gasteiger partial charge in [-0.1, -0.05) is 65.3 Å². The molecule has 0 spiro atoms. The number of hydrogen-bond acceptors (Lipinski definition) is 6. The van der Waals surface area contributed by atoms with Gasteiger partial charge in [0.05, 0.1) is 12.3 Å². The van der Waals surface area contributed by atoms with Crippen molar-refractivity contribution in [3.8, 4) is 0 Å². The second kappa shape index (κ2) is 12.0. The Bertz CT molecular complexity index is 1060. The van der Waals surface area contributed by atoms with Crippen molar-refractivity contribution in [2.75, 3.05) is 13.7 Å². The maximum Gasteiger partial charge on any atom is 0.511 e. The van der Waals surface area contributed by atoms with Crippen LogP contribution in [0.4, 0.5) is 4.79 Å². The van der Waals surface area contributed by atoms with Gasteiger partial charge in [0.25, 0.3) is 0 Å². The fourth-order valence-electron chi connectivity index (χ4n) is 3.56. The lowest BCUT2D eigenvalue weighted by Gasteiger charge is -2.22. The van der Waals surface area contributed by atoms with Crippen LogP contribution in [0.2, 0.25) is 0 Å². The first-order chi connectivity index (χ1) is 16.4. The first-order valence-corrected chi connectivity index (χ1v) is 12.2. The van der Waals surface area contributed by atoms with E-state index in [2.05, 4.69) is 55.1 Å². The molecular formula is C28H41N3O4. The first-order valence-electron chi connectivity index (χ1n) is 12.2. The molecule has 0 N–H and O–H groups in total. The highest BCUT2D eigenvalue weighted by atomic mass is 16.8. The molecule has 192 valence electrons. The van der Waals surface area contributed by atoms with Crippen LogP contribution in [0, 0.1) is 19.8 Å². The minimum absolute atomic E-state index is 0.0360. The number of ether oxygens (including phenoxy) is 3. The maximum absolute atomic E-state index is 12.2. The lowest BCUT2D eigenvalue weighted by atomic mass is 9.86. The lowest BCUT2D eigenvalue weighted by molar-refractivity contribution is -0.0694. The van der Waals surface area contributed by atoms with Gasteiger partial charge in [-0.25, -0.2) is 4.79 Å². The van der Waals surface area contributed by atoms with E-state index < -0.39 is 12.4 Å². The minimum atomic E-state index is -0.891. The molecule has 0 amide bonds. The monoisotopic (exact) mass is 483 g/mol. The standard InChI is InChI=1S/C28H41N3O4/c1-11-18(2)17-33-27(32)35-21(5)34-26(25-19(3)20(4)30-31(25)10)24(16-29-9)22-12-14-23(15-13-22)28(6,7)8/h12-16,18,21H,11,17H2,1-10H3/b26-24-,29-16-. The van der Waals surface area contributed by atoms with Crippen LogP contribution in [0.15, 0.2) is 29.3 Å². The van der Waals surface area contributed by atoms with Crippen LogP contribution in [-0.2, 0) is 26.7 Å². The molecule has 1 heterocycles. The zero-order chi connectivity index (χ0) is 26.3. The van der Waals surface area contributed by atoms with E-state index in [0.717, 1.165) is 34.5 Å². The zero-order valence-corrected chi connectivity index (χ0v) is 22.9. The molecule has 0 fully saturated rings. The third-order valence-electron chi connectivity index (χ3n) is 6.03. The molecule has 7 nitrogen and oxygen atoms in total. The van der Waals surface area contributed by atoms with Crippen molar-refractivity contribution >= 4 is 23.7 Å². The Labute approximate surface area is 210 Å². The van der Waals surface area contributed by atoms with E-state index >= 15 is 0 Å². The van der Waals surface area contributed by atoms with Crippen molar-refractivity contribution in [2.45, 2.75) is 73.5 Å². The number of aliphatic imine (C=N–C) groups is 1. The summed E-state index contributed by atoms with van der Waals surface area (Å²) in [5.41, 5.74) is 5.62. The Kier molecular flexibility index (Phi) is 9.69. The highest BCUT2D eigenvalue weighted by Crippen LogP contribution is 2.32. The number of aromatic nitrogens is 2. The quantitative estimate of drug-likeness (QED) is 0.177. The van der Waals surface area contributed by atoms with E-state index in [9.17, 15) is 4.79 Å². The van der Waals surface area contributed by atoms with Gasteiger partial charge in [-0.3, -0.25) is 9.67 Å². The number of carbonyl (C=O) groups is 1. The molecule has 0 aliphatic carbocycles. The van der Waals surface area contributed by atoms with Crippen molar-refractivity contribution in [2.24, 2.45) is 18.0 Å². The topological polar surface area (TPSA) is 74.9 Å². The van der Waals surface area contributed by atoms with Crippen LogP contribution < -0.4 is 0 Å². The van der Waals surface area contributed by atoms with Gasteiger partial charge < -0.3 is 14.2 Å². The summed E-state index contributed by atoms with van der Waals surface area (Å²) in [6, 6.07) is 8.35. The van der Waals surface area contributed by atoms with Crippen LogP contribution in [0.25, 0.3) is 11.3 Å². The Hall–Kier alpha value is -3.09. The van der Waals surface area contributed by atoms with Gasteiger partial charge in [-0.2, -0.15) is 5.10 Å². The van der Waals surface area contributed by atoms with E-state index in [4.69, 9.17) is 14.2 Å². The number of rotatable bonds is 9. The number of benzene rings is 1. The molecule has 0 aliphatic rings. The van der Waals surface area contributed by atoms with E-state index in [0.29, 0.717) is 12.4 Å². The molecule has 0 saturated heterocycles. The SMILES string of the molecule is CCC(C)COC(=O)OC(C)O/C(=C(/C=N\C)c1ccc(C(C)(C)C)cc1)c1c(C)c(C)nn1C. The molecule has 7 heteroatoms. The Morgan fingerprint density at radius 2 is 1.77 bits per heavy atom. The van der Waals surface area contributed by atoms with E-state index in [1.165, 1.54) is 5.56 Å². The average Bonchev–Trinajstić information content (AvgIpc) is 3.05. The Morgan fingerprint density at radius 1 is 1.14 bits per heavy atom. The molecule has 2 unspecified atom stereocenters. The summed E-state index contributed by atoms with van der Waals surface area (Å²) in [5, 5.41) is 4.57. The van der Waals surface area contributed by atoms with Gasteiger partial charge in [0.2, 0.25) is 6.29 Å². The molecule has 0 aliphatic heterocycles. The van der Waals surface area contributed by atoms with Gasteiger partial charge >= 0.3 is 6.16 Å². The van der Waals surface area contributed by atoms with Gasteiger partial charge in [0.15, 0.2) is 5.76 Å². The third kappa shape index (κ3) is 7.44. The van der Waals surface area contributed by atoms with E-state index in [1.54, 1.807) is 24.9 Å². The molecule has 0 bridgehead atoms. The summed E-state index contributed by atoms with van der Waals surface area (Å²) in [4.78, 5) is 16.5. The lowest BCUT2D eigenvalue weighted by Crippen LogP contribution is -2.21. The van der Waals surface area contributed by atoms with Crippen molar-refractivity contribution in [3.63, 3.8) is 0 Å². The molecule has 35 heavy (non-hydrogen) atoms. The first kappa shape index (κ1) is 28.1. The van der Waals surface area contributed by atoms with E-state index in [1.807, 2.05) is 34.7 Å². The fraction of sp³-hybridized carbons (Fsp3) is 0.536.